The summed E-state index contributed by atoms with van der Waals surface area (Å²) in [5.74, 6) is -0.545. The average Bonchev–Trinajstić information content (AvgIpc) is 2.97. The van der Waals surface area contributed by atoms with Gasteiger partial charge in [0.2, 0.25) is 5.82 Å². The van der Waals surface area contributed by atoms with Gasteiger partial charge in [0.25, 0.3) is 5.89 Å². The van der Waals surface area contributed by atoms with Crippen molar-refractivity contribution in [2.24, 2.45) is 0 Å². The minimum atomic E-state index is -1.05. The number of aromatic carboxylic acids is 1. The number of pyridine rings is 1. The zero-order valence-electron chi connectivity index (χ0n) is 10.5. The van der Waals surface area contributed by atoms with E-state index >= 15 is 0 Å². The summed E-state index contributed by atoms with van der Waals surface area (Å²) in [6.07, 6.45) is 3.24. The Morgan fingerprint density at radius 3 is 2.81 bits per heavy atom. The van der Waals surface area contributed by atoms with Gasteiger partial charge < -0.3 is 9.63 Å². The van der Waals surface area contributed by atoms with Gasteiger partial charge in [-0.3, -0.25) is 4.98 Å². The lowest BCUT2D eigenvalue weighted by atomic mass is 10.1. The summed E-state index contributed by atoms with van der Waals surface area (Å²) in [5.41, 5.74) is 1.17. The SMILES string of the molecule is O=C(O)c1ccccc1-c1nc(-c2cncc(Br)c2)no1. The molecule has 0 amide bonds. The predicted octanol–water partition coefficient (Wildman–Crippen LogP) is 3.26. The number of carboxylic acid groups (broad SMARTS) is 1. The number of rotatable bonds is 3. The van der Waals surface area contributed by atoms with Crippen molar-refractivity contribution in [1.29, 1.82) is 0 Å². The van der Waals surface area contributed by atoms with E-state index < -0.39 is 5.97 Å². The lowest BCUT2D eigenvalue weighted by Gasteiger charge is -1.99. The van der Waals surface area contributed by atoms with Crippen LogP contribution in [0.4, 0.5) is 0 Å². The number of carbonyl (C=O) groups is 1. The number of halogens is 1. The Hall–Kier alpha value is -2.54. The van der Waals surface area contributed by atoms with Crippen molar-refractivity contribution in [2.45, 2.75) is 0 Å². The van der Waals surface area contributed by atoms with Crippen molar-refractivity contribution in [1.82, 2.24) is 15.1 Å². The van der Waals surface area contributed by atoms with Crippen LogP contribution in [0.1, 0.15) is 10.4 Å². The van der Waals surface area contributed by atoms with Gasteiger partial charge in [-0.2, -0.15) is 4.98 Å². The third kappa shape index (κ3) is 2.68. The number of carboxylic acids is 1. The third-order valence-corrected chi connectivity index (χ3v) is 3.21. The standard InChI is InChI=1S/C14H8BrN3O3/c15-9-5-8(6-16-7-9)12-17-13(21-18-12)10-3-1-2-4-11(10)14(19)20/h1-7H,(H,19,20). The van der Waals surface area contributed by atoms with Gasteiger partial charge in [0.15, 0.2) is 0 Å². The first-order valence-electron chi connectivity index (χ1n) is 5.92. The molecule has 0 aliphatic heterocycles. The molecule has 104 valence electrons. The summed E-state index contributed by atoms with van der Waals surface area (Å²) in [6, 6.07) is 8.27. The summed E-state index contributed by atoms with van der Waals surface area (Å²) in [6.45, 7) is 0. The molecule has 0 saturated heterocycles. The van der Waals surface area contributed by atoms with Crippen molar-refractivity contribution < 1.29 is 14.4 Å². The van der Waals surface area contributed by atoms with E-state index in [1.54, 1.807) is 36.7 Å². The fourth-order valence-corrected chi connectivity index (χ4v) is 2.21. The average molecular weight is 346 g/mol. The summed E-state index contributed by atoms with van der Waals surface area (Å²) < 4.78 is 5.96. The minimum Gasteiger partial charge on any atom is -0.478 e. The molecule has 7 heteroatoms. The first-order chi connectivity index (χ1) is 10.1. The molecule has 0 atom stereocenters. The van der Waals surface area contributed by atoms with Crippen LogP contribution in [-0.2, 0) is 0 Å². The largest absolute Gasteiger partial charge is 0.478 e. The summed E-state index contributed by atoms with van der Waals surface area (Å²) in [4.78, 5) is 19.5. The van der Waals surface area contributed by atoms with Crippen LogP contribution in [0, 0.1) is 0 Å². The van der Waals surface area contributed by atoms with Crippen LogP contribution in [0.15, 0.2) is 51.7 Å². The van der Waals surface area contributed by atoms with Crippen LogP contribution in [0.2, 0.25) is 0 Å². The normalized spacial score (nSPS) is 10.5. The second-order valence-electron chi connectivity index (χ2n) is 4.17. The van der Waals surface area contributed by atoms with Crippen LogP contribution in [-0.4, -0.2) is 26.2 Å². The van der Waals surface area contributed by atoms with E-state index in [1.165, 1.54) is 6.07 Å². The molecule has 3 aromatic rings. The molecule has 0 unspecified atom stereocenters. The number of aromatic nitrogens is 3. The molecule has 0 spiro atoms. The molecule has 1 aromatic carbocycles. The van der Waals surface area contributed by atoms with Gasteiger partial charge in [0.1, 0.15) is 0 Å². The molecule has 6 nitrogen and oxygen atoms in total. The molecular formula is C14H8BrN3O3. The highest BCUT2D eigenvalue weighted by molar-refractivity contribution is 9.10. The fourth-order valence-electron chi connectivity index (χ4n) is 1.84. The van der Waals surface area contributed by atoms with Crippen molar-refractivity contribution in [3.8, 4) is 22.8 Å². The summed E-state index contributed by atoms with van der Waals surface area (Å²) >= 11 is 3.32. The van der Waals surface area contributed by atoms with Gasteiger partial charge in [0, 0.05) is 22.4 Å². The molecule has 1 N–H and O–H groups in total. The Morgan fingerprint density at radius 1 is 1.24 bits per heavy atom. The Kier molecular flexibility index (Phi) is 3.49. The summed E-state index contributed by atoms with van der Waals surface area (Å²) in [7, 11) is 0. The molecule has 0 fully saturated rings. The lowest BCUT2D eigenvalue weighted by molar-refractivity contribution is 0.0697. The van der Waals surface area contributed by atoms with E-state index in [-0.39, 0.29) is 11.5 Å². The van der Waals surface area contributed by atoms with Crippen molar-refractivity contribution in [2.75, 3.05) is 0 Å². The first kappa shape index (κ1) is 13.4. The van der Waals surface area contributed by atoms with E-state index in [2.05, 4.69) is 31.1 Å². The van der Waals surface area contributed by atoms with E-state index in [9.17, 15) is 9.90 Å². The molecule has 2 aromatic heterocycles. The first-order valence-corrected chi connectivity index (χ1v) is 6.72. The second-order valence-corrected chi connectivity index (χ2v) is 5.08. The van der Waals surface area contributed by atoms with Crippen LogP contribution in [0.5, 0.6) is 0 Å². The number of nitrogens with zero attached hydrogens (tertiary/aromatic N) is 3. The Labute approximate surface area is 127 Å². The monoisotopic (exact) mass is 345 g/mol. The Balaban J connectivity index is 2.05. The van der Waals surface area contributed by atoms with Gasteiger partial charge in [0.05, 0.1) is 11.1 Å². The lowest BCUT2D eigenvalue weighted by Crippen LogP contribution is -1.99. The van der Waals surface area contributed by atoms with E-state index in [0.717, 1.165) is 4.47 Å². The van der Waals surface area contributed by atoms with Crippen LogP contribution < -0.4 is 0 Å². The van der Waals surface area contributed by atoms with Crippen LogP contribution in [0.25, 0.3) is 22.8 Å². The van der Waals surface area contributed by atoms with Gasteiger partial charge in [-0.25, -0.2) is 4.79 Å². The van der Waals surface area contributed by atoms with Gasteiger partial charge in [-0.1, -0.05) is 17.3 Å². The topological polar surface area (TPSA) is 89.1 Å². The van der Waals surface area contributed by atoms with E-state index in [0.29, 0.717) is 17.0 Å². The molecule has 0 saturated carbocycles. The maximum absolute atomic E-state index is 11.2. The maximum Gasteiger partial charge on any atom is 0.336 e. The second kappa shape index (κ2) is 5.45. The third-order valence-electron chi connectivity index (χ3n) is 2.78. The van der Waals surface area contributed by atoms with E-state index in [1.807, 2.05) is 0 Å². The van der Waals surface area contributed by atoms with Gasteiger partial charge in [-0.15, -0.1) is 0 Å². The number of hydrogen-bond acceptors (Lipinski definition) is 5. The highest BCUT2D eigenvalue weighted by Gasteiger charge is 2.17. The smallest absolute Gasteiger partial charge is 0.336 e. The number of benzene rings is 1. The van der Waals surface area contributed by atoms with Crippen molar-refractivity contribution in [3.05, 3.63) is 52.8 Å². The molecule has 0 bridgehead atoms. The minimum absolute atomic E-state index is 0.111. The maximum atomic E-state index is 11.2. The molecule has 0 aliphatic carbocycles. The van der Waals surface area contributed by atoms with Crippen molar-refractivity contribution in [3.63, 3.8) is 0 Å². The van der Waals surface area contributed by atoms with Gasteiger partial charge >= 0.3 is 5.97 Å². The Morgan fingerprint density at radius 2 is 2.05 bits per heavy atom. The molecular weight excluding hydrogens is 338 g/mol. The molecule has 0 aliphatic rings. The van der Waals surface area contributed by atoms with Crippen molar-refractivity contribution >= 4 is 21.9 Å². The highest BCUT2D eigenvalue weighted by atomic mass is 79.9. The number of hydrogen-bond donors (Lipinski definition) is 1. The van der Waals surface area contributed by atoms with Crippen LogP contribution >= 0.6 is 15.9 Å². The highest BCUT2D eigenvalue weighted by Crippen LogP contribution is 2.25. The molecule has 2 heterocycles. The molecule has 21 heavy (non-hydrogen) atoms. The molecule has 3 rings (SSSR count). The van der Waals surface area contributed by atoms with E-state index in [4.69, 9.17) is 4.52 Å². The molecule has 0 radical (unpaired) electrons. The van der Waals surface area contributed by atoms with Crippen LogP contribution in [0.3, 0.4) is 0 Å². The zero-order chi connectivity index (χ0) is 14.8. The predicted molar refractivity (Wildman–Crippen MR) is 77.6 cm³/mol. The van der Waals surface area contributed by atoms with Gasteiger partial charge in [-0.05, 0) is 34.1 Å². The summed E-state index contributed by atoms with van der Waals surface area (Å²) in [5, 5.41) is 13.0. The quantitative estimate of drug-likeness (QED) is 0.783. The fraction of sp³-hybridized carbons (Fsp3) is 0. The zero-order valence-corrected chi connectivity index (χ0v) is 12.1. The Bertz CT molecular complexity index is 816.